The first-order chi connectivity index (χ1) is 12.9. The third-order valence-corrected chi connectivity index (χ3v) is 5.37. The molecular weight excluding hydrogens is 352 g/mol. The summed E-state index contributed by atoms with van der Waals surface area (Å²) in [6.07, 6.45) is 1.12. The van der Waals surface area contributed by atoms with Gasteiger partial charge in [0.2, 0.25) is 5.60 Å². The van der Waals surface area contributed by atoms with E-state index >= 15 is 0 Å². The molecule has 2 heterocycles. The lowest BCUT2D eigenvalue weighted by atomic mass is 9.90. The van der Waals surface area contributed by atoms with Crippen molar-refractivity contribution in [3.8, 4) is 5.75 Å². The highest BCUT2D eigenvalue weighted by Crippen LogP contribution is 2.33. The maximum Gasteiger partial charge on any atom is 0.341 e. The second-order valence-corrected chi connectivity index (χ2v) is 7.24. The Balaban J connectivity index is 1.68. The number of hydrogen-bond donors (Lipinski definition) is 6. The maximum atomic E-state index is 11.5. The van der Waals surface area contributed by atoms with Gasteiger partial charge < -0.3 is 25.6 Å². The van der Waals surface area contributed by atoms with Crippen molar-refractivity contribution in [3.63, 3.8) is 0 Å². The number of ether oxygens (including phenoxy) is 1. The Labute approximate surface area is 157 Å². The third kappa shape index (κ3) is 3.91. The molecule has 0 aromatic heterocycles. The molecule has 0 spiro atoms. The summed E-state index contributed by atoms with van der Waals surface area (Å²) in [4.78, 5) is 16.2. The van der Waals surface area contributed by atoms with Crippen LogP contribution < -0.4 is 21.3 Å². The Kier molecular flexibility index (Phi) is 5.66. The number of aryl methyl sites for hydroxylation is 1. The van der Waals surface area contributed by atoms with Crippen molar-refractivity contribution in [2.45, 2.75) is 50.0 Å². The predicted molar refractivity (Wildman–Crippen MR) is 97.7 cm³/mol. The fourth-order valence-corrected chi connectivity index (χ4v) is 3.55. The molecule has 0 amide bonds. The van der Waals surface area contributed by atoms with Crippen LogP contribution in [0.15, 0.2) is 18.2 Å². The number of carboxylic acid groups (broad SMARTS) is 1. The molecule has 2 aliphatic rings. The van der Waals surface area contributed by atoms with E-state index in [4.69, 9.17) is 20.9 Å². The maximum absolute atomic E-state index is 11.5. The highest BCUT2D eigenvalue weighted by Gasteiger charge is 2.46. The molecule has 148 valence electrons. The molecule has 0 unspecified atom stereocenters. The fraction of sp³-hybridized carbons (Fsp3) is 0.556. The summed E-state index contributed by atoms with van der Waals surface area (Å²) in [5, 5.41) is 33.2. The minimum absolute atomic E-state index is 0.0671. The SMILES string of the molecule is C[C@@](ON)(C(=O)O)[C@H]1CCc2cc(C(=N)N[C@@H]3CN[C@H](CO)C3)ccc2O1. The smallest absolute Gasteiger partial charge is 0.341 e. The lowest BCUT2D eigenvalue weighted by Gasteiger charge is -2.35. The summed E-state index contributed by atoms with van der Waals surface area (Å²) in [5.74, 6) is 4.92. The number of carbonyl (C=O) groups is 1. The van der Waals surface area contributed by atoms with Crippen molar-refractivity contribution in [3.05, 3.63) is 29.3 Å². The van der Waals surface area contributed by atoms with Gasteiger partial charge in [-0.15, -0.1) is 0 Å². The molecule has 0 saturated carbocycles. The van der Waals surface area contributed by atoms with E-state index in [-0.39, 0.29) is 18.7 Å². The van der Waals surface area contributed by atoms with Crippen LogP contribution in [-0.2, 0) is 16.1 Å². The number of aliphatic hydroxyl groups excluding tert-OH is 1. The molecule has 7 N–H and O–H groups in total. The second kappa shape index (κ2) is 7.81. The summed E-state index contributed by atoms with van der Waals surface area (Å²) in [6.45, 7) is 2.19. The number of rotatable bonds is 6. The Morgan fingerprint density at radius 1 is 1.56 bits per heavy atom. The molecule has 0 aliphatic carbocycles. The van der Waals surface area contributed by atoms with E-state index in [2.05, 4.69) is 10.6 Å². The molecule has 1 aromatic rings. The van der Waals surface area contributed by atoms with Crippen LogP contribution >= 0.6 is 0 Å². The van der Waals surface area contributed by atoms with Gasteiger partial charge in [0.1, 0.15) is 17.7 Å². The second-order valence-electron chi connectivity index (χ2n) is 7.24. The lowest BCUT2D eigenvalue weighted by Crippen LogP contribution is -2.54. The number of carboxylic acids is 1. The Morgan fingerprint density at radius 2 is 2.33 bits per heavy atom. The van der Waals surface area contributed by atoms with Crippen LogP contribution in [0.1, 0.15) is 30.9 Å². The lowest BCUT2D eigenvalue weighted by molar-refractivity contribution is -0.179. The van der Waals surface area contributed by atoms with Crippen LogP contribution in [0.2, 0.25) is 0 Å². The van der Waals surface area contributed by atoms with Gasteiger partial charge in [-0.2, -0.15) is 0 Å². The summed E-state index contributed by atoms with van der Waals surface area (Å²) >= 11 is 0. The van der Waals surface area contributed by atoms with Gasteiger partial charge in [0.25, 0.3) is 0 Å². The van der Waals surface area contributed by atoms with Crippen molar-refractivity contribution in [2.24, 2.45) is 5.90 Å². The molecule has 27 heavy (non-hydrogen) atoms. The molecular formula is C18H26N4O5. The van der Waals surface area contributed by atoms with E-state index in [0.717, 1.165) is 17.5 Å². The number of fused-ring (bicyclic) bond motifs is 1. The number of aliphatic hydroxyl groups is 1. The summed E-state index contributed by atoms with van der Waals surface area (Å²) in [7, 11) is 0. The van der Waals surface area contributed by atoms with Crippen molar-refractivity contribution in [1.29, 1.82) is 5.41 Å². The first kappa shape index (κ1) is 19.6. The largest absolute Gasteiger partial charge is 0.486 e. The predicted octanol–water partition coefficient (Wildman–Crippen LogP) is -0.248. The van der Waals surface area contributed by atoms with Crippen LogP contribution in [0.5, 0.6) is 5.75 Å². The zero-order valence-electron chi connectivity index (χ0n) is 15.2. The molecule has 1 saturated heterocycles. The molecule has 9 nitrogen and oxygen atoms in total. The number of nitrogens with one attached hydrogen (secondary N) is 3. The number of nitrogens with two attached hydrogens (primary N) is 1. The number of aliphatic carboxylic acids is 1. The van der Waals surface area contributed by atoms with E-state index in [1.165, 1.54) is 6.92 Å². The van der Waals surface area contributed by atoms with E-state index in [9.17, 15) is 15.0 Å². The minimum atomic E-state index is -1.62. The van der Waals surface area contributed by atoms with Gasteiger partial charge in [-0.25, -0.2) is 10.7 Å². The summed E-state index contributed by atoms with van der Waals surface area (Å²) in [5.41, 5.74) is 0.0285. The zero-order chi connectivity index (χ0) is 19.6. The van der Waals surface area contributed by atoms with Gasteiger partial charge >= 0.3 is 5.97 Å². The summed E-state index contributed by atoms with van der Waals surface area (Å²) in [6, 6.07) is 5.56. The monoisotopic (exact) mass is 378 g/mol. The standard InChI is InChI=1S/C18H26N4O5/c1-18(27-20,17(24)25)15-5-3-10-6-11(2-4-14(10)26-15)16(19)22-12-7-13(9-23)21-8-12/h2,4,6,12-13,15,21,23H,3,5,7-9,20H2,1H3,(H2,19,22)(H,24,25)/t12-,13-,15+,18-/m0/s1. The van der Waals surface area contributed by atoms with Crippen LogP contribution in [-0.4, -0.2) is 59.0 Å². The first-order valence-corrected chi connectivity index (χ1v) is 8.98. The van der Waals surface area contributed by atoms with Crippen LogP contribution in [0, 0.1) is 5.41 Å². The van der Waals surface area contributed by atoms with Crippen molar-refractivity contribution in [2.75, 3.05) is 13.2 Å². The van der Waals surface area contributed by atoms with E-state index in [1.807, 2.05) is 6.07 Å². The first-order valence-electron chi connectivity index (χ1n) is 8.98. The average molecular weight is 378 g/mol. The fourth-order valence-electron chi connectivity index (χ4n) is 3.55. The normalized spacial score (nSPS) is 26.6. The van der Waals surface area contributed by atoms with E-state index < -0.39 is 17.7 Å². The Morgan fingerprint density at radius 3 is 2.96 bits per heavy atom. The molecule has 1 aromatic carbocycles. The van der Waals surface area contributed by atoms with Crippen molar-refractivity contribution < 1.29 is 24.6 Å². The van der Waals surface area contributed by atoms with E-state index in [0.29, 0.717) is 31.0 Å². The number of benzene rings is 1. The molecule has 9 heteroatoms. The topological polar surface area (TPSA) is 150 Å². The summed E-state index contributed by atoms with van der Waals surface area (Å²) < 4.78 is 5.83. The average Bonchev–Trinajstić information content (AvgIpc) is 3.13. The zero-order valence-corrected chi connectivity index (χ0v) is 15.2. The van der Waals surface area contributed by atoms with Gasteiger partial charge in [-0.05, 0) is 49.9 Å². The molecule has 3 rings (SSSR count). The number of hydrogen-bond acceptors (Lipinski definition) is 7. The number of amidine groups is 1. The van der Waals surface area contributed by atoms with E-state index in [1.54, 1.807) is 12.1 Å². The van der Waals surface area contributed by atoms with Crippen molar-refractivity contribution >= 4 is 11.8 Å². The van der Waals surface area contributed by atoms with Crippen LogP contribution in [0.25, 0.3) is 0 Å². The van der Waals surface area contributed by atoms with Gasteiger partial charge in [0.15, 0.2) is 0 Å². The van der Waals surface area contributed by atoms with Gasteiger partial charge in [0, 0.05) is 24.2 Å². The van der Waals surface area contributed by atoms with Crippen LogP contribution in [0.4, 0.5) is 0 Å². The Hall–Kier alpha value is -2.20. The third-order valence-electron chi connectivity index (χ3n) is 5.37. The highest BCUT2D eigenvalue weighted by molar-refractivity contribution is 5.97. The quantitative estimate of drug-likeness (QED) is 0.225. The molecule has 0 bridgehead atoms. The minimum Gasteiger partial charge on any atom is -0.486 e. The molecule has 1 fully saturated rings. The molecule has 0 radical (unpaired) electrons. The Bertz CT molecular complexity index is 728. The van der Waals surface area contributed by atoms with Crippen LogP contribution in [0.3, 0.4) is 0 Å². The van der Waals surface area contributed by atoms with Gasteiger partial charge in [-0.3, -0.25) is 10.2 Å². The van der Waals surface area contributed by atoms with Crippen molar-refractivity contribution in [1.82, 2.24) is 10.6 Å². The van der Waals surface area contributed by atoms with Gasteiger partial charge in [-0.1, -0.05) is 0 Å². The highest BCUT2D eigenvalue weighted by atomic mass is 16.7. The molecule has 2 aliphatic heterocycles. The van der Waals surface area contributed by atoms with Gasteiger partial charge in [0.05, 0.1) is 6.61 Å². The molecule has 4 atom stereocenters.